The van der Waals surface area contributed by atoms with Gasteiger partial charge in [0, 0.05) is 29.1 Å². The van der Waals surface area contributed by atoms with Crippen LogP contribution >= 0.6 is 0 Å². The Bertz CT molecular complexity index is 1090. The average Bonchev–Trinajstić information content (AvgIpc) is 2.95. The summed E-state index contributed by atoms with van der Waals surface area (Å²) >= 11 is 0. The van der Waals surface area contributed by atoms with E-state index in [9.17, 15) is 13.6 Å². The molecule has 0 saturated heterocycles. The molecule has 4 rings (SSSR count). The molecule has 0 bridgehead atoms. The summed E-state index contributed by atoms with van der Waals surface area (Å²) < 4.78 is 33.0. The summed E-state index contributed by atoms with van der Waals surface area (Å²) in [7, 11) is 0. The maximum absolute atomic E-state index is 14.1. The normalized spacial score (nSPS) is 15.9. The number of nitrogens with one attached hydrogen (secondary N) is 2. The van der Waals surface area contributed by atoms with Crippen LogP contribution in [-0.2, 0) is 6.42 Å². The number of carbonyl (C=O) groups is 1. The Morgan fingerprint density at radius 3 is 2.64 bits per heavy atom. The zero-order chi connectivity index (χ0) is 20.0. The smallest absolute Gasteiger partial charge is 0.253 e. The summed E-state index contributed by atoms with van der Waals surface area (Å²) in [6.07, 6.45) is 0.639. The molecule has 1 aliphatic heterocycles. The quantitative estimate of drug-likeness (QED) is 0.590. The van der Waals surface area contributed by atoms with Crippen molar-refractivity contribution in [2.24, 2.45) is 0 Å². The maximum atomic E-state index is 14.1. The Morgan fingerprint density at radius 2 is 1.89 bits per heavy atom. The number of aromatic amines is 1. The predicted octanol–water partition coefficient (Wildman–Crippen LogP) is 4.32. The highest BCUT2D eigenvalue weighted by Crippen LogP contribution is 2.39. The lowest BCUT2D eigenvalue weighted by molar-refractivity contribution is 0.0929. The molecule has 0 radical (unpaired) electrons. The zero-order valence-electron chi connectivity index (χ0n) is 15.4. The Labute approximate surface area is 160 Å². The van der Waals surface area contributed by atoms with Crippen LogP contribution in [0.2, 0.25) is 0 Å². The average molecular weight is 383 g/mol. The summed E-state index contributed by atoms with van der Waals surface area (Å²) in [5, 5.41) is 2.92. The van der Waals surface area contributed by atoms with Crippen LogP contribution in [0.1, 0.15) is 28.5 Å². The maximum Gasteiger partial charge on any atom is 0.253 e. The van der Waals surface area contributed by atoms with E-state index < -0.39 is 11.6 Å². The molecule has 1 unspecified atom stereocenters. The number of aryl methyl sites for hydroxylation is 1. The van der Waals surface area contributed by atoms with Crippen LogP contribution < -0.4 is 15.8 Å². The number of nitrogens with two attached hydrogens (primary N) is 1. The standard InChI is InChI=1S/C21H19F2N3O2/c1-10-7-15-19(21(27)25-10)11(2)26-20(15)14-9-13(24)4-6-17(14)28-18-5-3-12(22)8-16(18)23/h3-6,8-10,26H,7,24H2,1-2H3,(H,25,27). The van der Waals surface area contributed by atoms with Gasteiger partial charge in [-0.1, -0.05) is 0 Å². The number of amides is 1. The first-order valence-corrected chi connectivity index (χ1v) is 8.88. The van der Waals surface area contributed by atoms with Gasteiger partial charge in [0.25, 0.3) is 5.91 Å². The molecule has 0 aliphatic carbocycles. The van der Waals surface area contributed by atoms with Crippen LogP contribution in [0.4, 0.5) is 14.5 Å². The van der Waals surface area contributed by atoms with Crippen LogP contribution in [0.15, 0.2) is 36.4 Å². The molecular weight excluding hydrogens is 364 g/mol. The SMILES string of the molecule is Cc1[nH]c(-c2cc(N)ccc2Oc2ccc(F)cc2F)c2c1C(=O)NC(C)C2. The Hall–Kier alpha value is -3.35. The van der Waals surface area contributed by atoms with E-state index in [0.717, 1.165) is 23.4 Å². The van der Waals surface area contributed by atoms with Gasteiger partial charge in [0.15, 0.2) is 11.6 Å². The topological polar surface area (TPSA) is 80.1 Å². The third kappa shape index (κ3) is 3.09. The molecule has 28 heavy (non-hydrogen) atoms. The number of H-pyrrole nitrogens is 1. The highest BCUT2D eigenvalue weighted by molar-refractivity contribution is 6.00. The van der Waals surface area contributed by atoms with E-state index in [0.29, 0.717) is 34.7 Å². The number of aromatic nitrogens is 1. The van der Waals surface area contributed by atoms with Gasteiger partial charge in [0.2, 0.25) is 0 Å². The molecule has 1 aliphatic rings. The summed E-state index contributed by atoms with van der Waals surface area (Å²) in [6, 6.07) is 8.07. The van der Waals surface area contributed by atoms with Gasteiger partial charge >= 0.3 is 0 Å². The highest BCUT2D eigenvalue weighted by atomic mass is 19.1. The minimum Gasteiger partial charge on any atom is -0.454 e. The molecule has 1 atom stereocenters. The number of carbonyl (C=O) groups excluding carboxylic acids is 1. The molecule has 1 amide bonds. The van der Waals surface area contributed by atoms with Gasteiger partial charge in [-0.25, -0.2) is 8.78 Å². The molecule has 144 valence electrons. The van der Waals surface area contributed by atoms with Gasteiger partial charge in [0.05, 0.1) is 11.3 Å². The fourth-order valence-corrected chi connectivity index (χ4v) is 3.58. The Kier molecular flexibility index (Phi) is 4.30. The number of fused-ring (bicyclic) bond motifs is 1. The number of halogens is 2. The number of nitrogen functional groups attached to an aromatic ring is 1. The van der Waals surface area contributed by atoms with Crippen LogP contribution in [0.3, 0.4) is 0 Å². The lowest BCUT2D eigenvalue weighted by Gasteiger charge is -2.22. The first-order chi connectivity index (χ1) is 13.3. The first-order valence-electron chi connectivity index (χ1n) is 8.88. The second-order valence-corrected chi connectivity index (χ2v) is 6.99. The van der Waals surface area contributed by atoms with Gasteiger partial charge < -0.3 is 20.8 Å². The van der Waals surface area contributed by atoms with Crippen molar-refractivity contribution >= 4 is 11.6 Å². The van der Waals surface area contributed by atoms with Crippen LogP contribution in [0, 0.1) is 18.6 Å². The van der Waals surface area contributed by atoms with Crippen molar-refractivity contribution < 1.29 is 18.3 Å². The Balaban J connectivity index is 1.84. The van der Waals surface area contributed by atoms with Crippen molar-refractivity contribution in [3.63, 3.8) is 0 Å². The van der Waals surface area contributed by atoms with Gasteiger partial charge in [-0.15, -0.1) is 0 Å². The minimum atomic E-state index is -0.805. The predicted molar refractivity (Wildman–Crippen MR) is 102 cm³/mol. The molecule has 5 nitrogen and oxygen atoms in total. The number of hydrogen-bond acceptors (Lipinski definition) is 3. The van der Waals surface area contributed by atoms with Crippen LogP contribution in [0.25, 0.3) is 11.3 Å². The number of hydrogen-bond donors (Lipinski definition) is 3. The highest BCUT2D eigenvalue weighted by Gasteiger charge is 2.29. The van der Waals surface area contributed by atoms with E-state index in [1.54, 1.807) is 18.2 Å². The summed E-state index contributed by atoms with van der Waals surface area (Å²) in [5.41, 5.74) is 9.99. The number of rotatable bonds is 3. The fraction of sp³-hybridized carbons (Fsp3) is 0.190. The first kappa shape index (κ1) is 18.0. The van der Waals surface area contributed by atoms with Crippen LogP contribution in [0.5, 0.6) is 11.5 Å². The van der Waals surface area contributed by atoms with E-state index in [2.05, 4.69) is 10.3 Å². The molecule has 7 heteroatoms. The lowest BCUT2D eigenvalue weighted by Crippen LogP contribution is -2.39. The molecule has 0 fully saturated rings. The van der Waals surface area contributed by atoms with Gasteiger partial charge in [-0.2, -0.15) is 0 Å². The van der Waals surface area contributed by atoms with E-state index >= 15 is 0 Å². The van der Waals surface area contributed by atoms with Crippen molar-refractivity contribution in [2.45, 2.75) is 26.3 Å². The van der Waals surface area contributed by atoms with Crippen molar-refractivity contribution in [3.8, 4) is 22.8 Å². The number of benzene rings is 2. The molecule has 0 spiro atoms. The van der Waals surface area contributed by atoms with E-state index in [1.165, 1.54) is 6.07 Å². The monoisotopic (exact) mass is 383 g/mol. The lowest BCUT2D eigenvalue weighted by atomic mass is 9.94. The molecule has 1 aromatic heterocycles. The van der Waals surface area contributed by atoms with Gasteiger partial charge in [-0.05, 0) is 56.2 Å². The molecule has 3 aromatic rings. The van der Waals surface area contributed by atoms with Crippen LogP contribution in [-0.4, -0.2) is 16.9 Å². The van der Waals surface area contributed by atoms with Crippen molar-refractivity contribution in [1.82, 2.24) is 10.3 Å². The second kappa shape index (κ2) is 6.67. The van der Waals surface area contributed by atoms with Gasteiger partial charge in [0.1, 0.15) is 11.6 Å². The molecule has 2 aromatic carbocycles. The van der Waals surface area contributed by atoms with E-state index in [1.807, 2.05) is 13.8 Å². The zero-order valence-corrected chi connectivity index (χ0v) is 15.4. The summed E-state index contributed by atoms with van der Waals surface area (Å²) in [6.45, 7) is 3.75. The molecule has 4 N–H and O–H groups in total. The third-order valence-electron chi connectivity index (χ3n) is 4.79. The second-order valence-electron chi connectivity index (χ2n) is 6.99. The van der Waals surface area contributed by atoms with E-state index in [4.69, 9.17) is 10.5 Å². The summed E-state index contributed by atoms with van der Waals surface area (Å²) in [4.78, 5) is 15.7. The summed E-state index contributed by atoms with van der Waals surface area (Å²) in [5.74, 6) is -1.38. The fourth-order valence-electron chi connectivity index (χ4n) is 3.58. The molecule has 2 heterocycles. The Morgan fingerprint density at radius 1 is 1.14 bits per heavy atom. The number of anilines is 1. The van der Waals surface area contributed by atoms with E-state index in [-0.39, 0.29) is 17.7 Å². The van der Waals surface area contributed by atoms with Crippen molar-refractivity contribution in [3.05, 3.63) is 64.9 Å². The largest absolute Gasteiger partial charge is 0.454 e. The molecule has 0 saturated carbocycles. The number of ether oxygens (including phenoxy) is 1. The third-order valence-corrected chi connectivity index (χ3v) is 4.79. The van der Waals surface area contributed by atoms with Crippen molar-refractivity contribution in [1.29, 1.82) is 0 Å². The van der Waals surface area contributed by atoms with Gasteiger partial charge in [-0.3, -0.25) is 4.79 Å². The minimum absolute atomic E-state index is 0.0195. The molecular formula is C21H19F2N3O2. The van der Waals surface area contributed by atoms with Crippen molar-refractivity contribution in [2.75, 3.05) is 5.73 Å².